The van der Waals surface area contributed by atoms with Crippen LogP contribution in [0.15, 0.2) is 24.5 Å². The first-order chi connectivity index (χ1) is 13.0. The van der Waals surface area contributed by atoms with Gasteiger partial charge in [-0.2, -0.15) is 0 Å². The van der Waals surface area contributed by atoms with Gasteiger partial charge in [0.1, 0.15) is 11.3 Å². The van der Waals surface area contributed by atoms with Gasteiger partial charge in [-0.1, -0.05) is 18.9 Å². The third-order valence-corrected chi connectivity index (χ3v) is 6.12. The molecule has 4 rings (SSSR count). The van der Waals surface area contributed by atoms with Crippen molar-refractivity contribution in [1.29, 1.82) is 0 Å². The molecule has 27 heavy (non-hydrogen) atoms. The Bertz CT molecular complexity index is 868. The molecule has 2 aromatic heterocycles. The SMILES string of the molecule is Cc1cccn2cc(C(=O)N3CCC[C@@](C)(C(=O)NC4CCCC4)C3)nc12. The van der Waals surface area contributed by atoms with Crippen LogP contribution >= 0.6 is 0 Å². The number of imidazole rings is 1. The highest BCUT2D eigenvalue weighted by Gasteiger charge is 2.40. The lowest BCUT2D eigenvalue weighted by atomic mass is 9.80. The average molecular weight is 368 g/mol. The second kappa shape index (κ2) is 6.98. The zero-order chi connectivity index (χ0) is 19.0. The predicted molar refractivity (Wildman–Crippen MR) is 104 cm³/mol. The largest absolute Gasteiger partial charge is 0.353 e. The Hall–Kier alpha value is -2.37. The highest BCUT2D eigenvalue weighted by Crippen LogP contribution is 2.31. The van der Waals surface area contributed by atoms with Crippen LogP contribution in [0.2, 0.25) is 0 Å². The quantitative estimate of drug-likeness (QED) is 0.906. The molecule has 1 saturated heterocycles. The van der Waals surface area contributed by atoms with Crippen LogP contribution in [0.5, 0.6) is 0 Å². The number of piperidine rings is 1. The normalized spacial score (nSPS) is 23.7. The maximum absolute atomic E-state index is 13.1. The van der Waals surface area contributed by atoms with Gasteiger partial charge in [0.25, 0.3) is 5.91 Å². The van der Waals surface area contributed by atoms with Crippen molar-refractivity contribution in [1.82, 2.24) is 19.6 Å². The molecule has 0 bridgehead atoms. The smallest absolute Gasteiger partial charge is 0.274 e. The average Bonchev–Trinajstić information content (AvgIpc) is 3.31. The van der Waals surface area contributed by atoms with Gasteiger partial charge in [-0.25, -0.2) is 4.98 Å². The highest BCUT2D eigenvalue weighted by atomic mass is 16.2. The van der Waals surface area contributed by atoms with E-state index in [1.165, 1.54) is 12.8 Å². The van der Waals surface area contributed by atoms with Gasteiger partial charge in [0.05, 0.1) is 5.41 Å². The van der Waals surface area contributed by atoms with Crippen LogP contribution in [0.25, 0.3) is 5.65 Å². The molecule has 0 radical (unpaired) electrons. The Morgan fingerprint density at radius 3 is 2.78 bits per heavy atom. The lowest BCUT2D eigenvalue weighted by Crippen LogP contribution is -2.53. The minimum Gasteiger partial charge on any atom is -0.353 e. The molecule has 6 heteroatoms. The van der Waals surface area contributed by atoms with Crippen molar-refractivity contribution < 1.29 is 9.59 Å². The van der Waals surface area contributed by atoms with E-state index in [4.69, 9.17) is 0 Å². The summed E-state index contributed by atoms with van der Waals surface area (Å²) in [5, 5.41) is 3.22. The summed E-state index contributed by atoms with van der Waals surface area (Å²) in [6.45, 7) is 5.11. The number of hydrogen-bond acceptors (Lipinski definition) is 3. The molecule has 1 aliphatic heterocycles. The van der Waals surface area contributed by atoms with Crippen molar-refractivity contribution in [3.63, 3.8) is 0 Å². The zero-order valence-corrected chi connectivity index (χ0v) is 16.2. The molecule has 3 heterocycles. The number of rotatable bonds is 3. The van der Waals surface area contributed by atoms with Gasteiger partial charge in [0.2, 0.25) is 5.91 Å². The molecular weight excluding hydrogens is 340 g/mol. The fraction of sp³-hybridized carbons (Fsp3) is 0.571. The van der Waals surface area contributed by atoms with Crippen LogP contribution in [0.3, 0.4) is 0 Å². The summed E-state index contributed by atoms with van der Waals surface area (Å²) in [7, 11) is 0. The summed E-state index contributed by atoms with van der Waals surface area (Å²) in [5.74, 6) is 0.00966. The van der Waals surface area contributed by atoms with Crippen LogP contribution in [0, 0.1) is 12.3 Å². The van der Waals surface area contributed by atoms with Gasteiger partial charge in [-0.3, -0.25) is 9.59 Å². The van der Waals surface area contributed by atoms with Gasteiger partial charge in [-0.15, -0.1) is 0 Å². The number of aromatic nitrogens is 2. The van der Waals surface area contributed by atoms with E-state index >= 15 is 0 Å². The van der Waals surface area contributed by atoms with Gasteiger partial charge in [0.15, 0.2) is 0 Å². The number of fused-ring (bicyclic) bond motifs is 1. The number of pyridine rings is 1. The van der Waals surface area contributed by atoms with E-state index in [0.717, 1.165) is 36.9 Å². The third kappa shape index (κ3) is 3.45. The number of hydrogen-bond donors (Lipinski definition) is 1. The Morgan fingerprint density at radius 2 is 2.04 bits per heavy atom. The second-order valence-corrected chi connectivity index (χ2v) is 8.39. The van der Waals surface area contributed by atoms with Crippen LogP contribution in [-0.2, 0) is 4.79 Å². The molecule has 2 fully saturated rings. The third-order valence-electron chi connectivity index (χ3n) is 6.12. The Kier molecular flexibility index (Phi) is 4.66. The van der Waals surface area contributed by atoms with E-state index in [-0.39, 0.29) is 11.8 Å². The predicted octanol–water partition coefficient (Wildman–Crippen LogP) is 2.94. The summed E-state index contributed by atoms with van der Waals surface area (Å²) < 4.78 is 1.89. The molecule has 1 atom stereocenters. The van der Waals surface area contributed by atoms with Crippen molar-refractivity contribution in [3.8, 4) is 0 Å². The minimum absolute atomic E-state index is 0.0855. The van der Waals surface area contributed by atoms with E-state index in [9.17, 15) is 9.59 Å². The molecular formula is C21H28N4O2. The standard InChI is InChI=1S/C21H28N4O2/c1-15-7-5-11-24-13-17(23-18(15)24)19(26)25-12-6-10-21(2,14-25)20(27)22-16-8-3-4-9-16/h5,7,11,13,16H,3-4,6,8-10,12,14H2,1-2H3,(H,22,27)/t21-/m1/s1. The number of amides is 2. The van der Waals surface area contributed by atoms with E-state index in [0.29, 0.717) is 24.8 Å². The summed E-state index contributed by atoms with van der Waals surface area (Å²) in [4.78, 5) is 32.3. The molecule has 0 aromatic carbocycles. The first kappa shape index (κ1) is 18.0. The number of nitrogens with one attached hydrogen (secondary N) is 1. The van der Waals surface area contributed by atoms with Gasteiger partial charge >= 0.3 is 0 Å². The van der Waals surface area contributed by atoms with Crippen LogP contribution < -0.4 is 5.32 Å². The van der Waals surface area contributed by atoms with E-state index < -0.39 is 5.41 Å². The molecule has 0 spiro atoms. The van der Waals surface area contributed by atoms with Crippen molar-refractivity contribution in [3.05, 3.63) is 35.8 Å². The van der Waals surface area contributed by atoms with Crippen LogP contribution in [0.4, 0.5) is 0 Å². The molecule has 2 amide bonds. The van der Waals surface area contributed by atoms with Crippen molar-refractivity contribution in [2.45, 2.75) is 58.4 Å². The molecule has 1 aliphatic carbocycles. The topological polar surface area (TPSA) is 66.7 Å². The Balaban J connectivity index is 1.50. The molecule has 6 nitrogen and oxygen atoms in total. The van der Waals surface area contributed by atoms with E-state index in [2.05, 4.69) is 10.3 Å². The number of carbonyl (C=O) groups is 2. The summed E-state index contributed by atoms with van der Waals surface area (Å²) in [6.07, 6.45) is 9.89. The van der Waals surface area contributed by atoms with Crippen molar-refractivity contribution in [2.75, 3.05) is 13.1 Å². The molecule has 1 saturated carbocycles. The maximum Gasteiger partial charge on any atom is 0.274 e. The Labute approximate surface area is 159 Å². The molecule has 0 unspecified atom stereocenters. The number of likely N-dealkylation sites (tertiary alicyclic amines) is 1. The lowest BCUT2D eigenvalue weighted by Gasteiger charge is -2.39. The first-order valence-electron chi connectivity index (χ1n) is 10.0. The van der Waals surface area contributed by atoms with Crippen molar-refractivity contribution >= 4 is 17.5 Å². The minimum atomic E-state index is -0.522. The van der Waals surface area contributed by atoms with E-state index in [1.54, 1.807) is 11.1 Å². The molecule has 2 aromatic rings. The zero-order valence-electron chi connectivity index (χ0n) is 16.2. The number of nitrogens with zero attached hydrogens (tertiary/aromatic N) is 3. The summed E-state index contributed by atoms with van der Waals surface area (Å²) >= 11 is 0. The van der Waals surface area contributed by atoms with Crippen LogP contribution in [-0.4, -0.2) is 45.2 Å². The summed E-state index contributed by atoms with van der Waals surface area (Å²) in [6, 6.07) is 4.24. The second-order valence-electron chi connectivity index (χ2n) is 8.39. The van der Waals surface area contributed by atoms with Gasteiger partial charge in [0, 0.05) is 31.5 Å². The van der Waals surface area contributed by atoms with Gasteiger partial charge < -0.3 is 14.6 Å². The summed E-state index contributed by atoms with van der Waals surface area (Å²) in [5.41, 5.74) is 1.77. The first-order valence-corrected chi connectivity index (χ1v) is 10.0. The number of aryl methyl sites for hydroxylation is 1. The highest BCUT2D eigenvalue weighted by molar-refractivity contribution is 5.94. The maximum atomic E-state index is 13.1. The molecule has 2 aliphatic rings. The fourth-order valence-electron chi connectivity index (χ4n) is 4.45. The molecule has 1 N–H and O–H groups in total. The molecule has 144 valence electrons. The van der Waals surface area contributed by atoms with Gasteiger partial charge in [-0.05, 0) is 51.2 Å². The van der Waals surface area contributed by atoms with Crippen molar-refractivity contribution in [2.24, 2.45) is 5.41 Å². The number of carbonyl (C=O) groups excluding carboxylic acids is 2. The van der Waals surface area contributed by atoms with E-state index in [1.807, 2.05) is 36.6 Å². The Morgan fingerprint density at radius 1 is 1.26 bits per heavy atom. The monoisotopic (exact) mass is 368 g/mol. The fourth-order valence-corrected chi connectivity index (χ4v) is 4.45. The van der Waals surface area contributed by atoms with Crippen LogP contribution in [0.1, 0.15) is 61.5 Å². The lowest BCUT2D eigenvalue weighted by molar-refractivity contribution is -0.133.